The molecule has 4 rings (SSSR count). The molecule has 2 heterocycles. The molecule has 0 aliphatic carbocycles. The lowest BCUT2D eigenvalue weighted by molar-refractivity contribution is -0.122. The lowest BCUT2D eigenvalue weighted by atomic mass is 9.94. The number of piperidine rings is 1. The van der Waals surface area contributed by atoms with E-state index in [0.717, 1.165) is 11.3 Å². The van der Waals surface area contributed by atoms with Crippen molar-refractivity contribution in [3.8, 4) is 5.75 Å². The van der Waals surface area contributed by atoms with Crippen molar-refractivity contribution in [1.29, 1.82) is 0 Å². The summed E-state index contributed by atoms with van der Waals surface area (Å²) in [6.45, 7) is 1.12. The maximum Gasteiger partial charge on any atom is 0.419 e. The van der Waals surface area contributed by atoms with Crippen LogP contribution in [-0.2, 0) is 28.4 Å². The van der Waals surface area contributed by atoms with Crippen LogP contribution in [0.15, 0.2) is 56.6 Å². The number of ether oxygens (including phenoxy) is 1. The highest BCUT2D eigenvalue weighted by molar-refractivity contribution is 7.89. The number of oxazole rings is 1. The van der Waals surface area contributed by atoms with Gasteiger partial charge in [-0.3, -0.25) is 9.36 Å². The van der Waals surface area contributed by atoms with Crippen LogP contribution >= 0.6 is 0 Å². The zero-order valence-corrected chi connectivity index (χ0v) is 19.4. The molecule has 1 aliphatic rings. The van der Waals surface area contributed by atoms with Crippen LogP contribution in [0.1, 0.15) is 24.8 Å². The van der Waals surface area contributed by atoms with Crippen molar-refractivity contribution in [3.05, 3.63) is 58.6 Å². The largest absolute Gasteiger partial charge is 0.497 e. The fourth-order valence-corrected chi connectivity index (χ4v) is 5.54. The summed E-state index contributed by atoms with van der Waals surface area (Å²) in [5.41, 5.74) is 1.77. The normalized spacial score (nSPS) is 15.6. The van der Waals surface area contributed by atoms with Gasteiger partial charge in [0.15, 0.2) is 5.58 Å². The standard InChI is InChI=1S/C23H27N3O6S/c1-25-20-8-7-19(14-21(20)32-23(25)28)33(29,30)26-11-9-16(10-12-26)13-22(27)24-15-17-3-5-18(31-2)6-4-17/h3-8,14,16H,9-13,15H2,1-2H3,(H,24,27). The Morgan fingerprint density at radius 2 is 1.85 bits per heavy atom. The highest BCUT2D eigenvalue weighted by Crippen LogP contribution is 2.27. The molecule has 0 spiro atoms. The topological polar surface area (TPSA) is 111 Å². The Kier molecular flexibility index (Phi) is 6.57. The van der Waals surface area contributed by atoms with Gasteiger partial charge in [0.1, 0.15) is 5.75 Å². The van der Waals surface area contributed by atoms with E-state index in [1.165, 1.54) is 21.0 Å². The molecule has 1 saturated heterocycles. The van der Waals surface area contributed by atoms with Crippen LogP contribution in [0.4, 0.5) is 0 Å². The molecule has 0 unspecified atom stereocenters. The Morgan fingerprint density at radius 3 is 2.52 bits per heavy atom. The van der Waals surface area contributed by atoms with Crippen molar-refractivity contribution in [3.63, 3.8) is 0 Å². The summed E-state index contributed by atoms with van der Waals surface area (Å²) in [5.74, 6) is 0.310. The molecule has 0 atom stereocenters. The number of rotatable bonds is 7. The third-order valence-corrected chi connectivity index (χ3v) is 7.99. The highest BCUT2D eigenvalue weighted by atomic mass is 32.2. The summed E-state index contributed by atoms with van der Waals surface area (Å²) in [6.07, 6.45) is 1.58. The second-order valence-corrected chi connectivity index (χ2v) is 10.2. The van der Waals surface area contributed by atoms with Gasteiger partial charge in [0.25, 0.3) is 0 Å². The van der Waals surface area contributed by atoms with Gasteiger partial charge in [-0.15, -0.1) is 0 Å². The minimum Gasteiger partial charge on any atom is -0.497 e. The molecular weight excluding hydrogens is 446 g/mol. The molecule has 1 fully saturated rings. The number of carbonyl (C=O) groups is 1. The quantitative estimate of drug-likeness (QED) is 0.564. The number of carbonyl (C=O) groups excluding carboxylic acids is 1. The molecular formula is C23H27N3O6S. The van der Waals surface area contributed by atoms with Gasteiger partial charge in [0.2, 0.25) is 15.9 Å². The van der Waals surface area contributed by atoms with Gasteiger partial charge in [-0.2, -0.15) is 4.31 Å². The maximum absolute atomic E-state index is 13.1. The Morgan fingerprint density at radius 1 is 1.15 bits per heavy atom. The maximum atomic E-state index is 13.1. The molecule has 0 bridgehead atoms. The fraction of sp³-hybridized carbons (Fsp3) is 0.391. The minimum atomic E-state index is -3.71. The number of benzene rings is 2. The number of aryl methyl sites for hydroxylation is 1. The Bertz CT molecular complexity index is 1300. The third kappa shape index (κ3) is 4.96. The van der Waals surface area contributed by atoms with Crippen molar-refractivity contribution in [1.82, 2.24) is 14.2 Å². The molecule has 2 aromatic carbocycles. The van der Waals surface area contributed by atoms with E-state index in [4.69, 9.17) is 9.15 Å². The molecule has 1 aromatic heterocycles. The predicted octanol–water partition coefficient (Wildman–Crippen LogP) is 2.25. The van der Waals surface area contributed by atoms with E-state index in [2.05, 4.69) is 5.32 Å². The molecule has 1 N–H and O–H groups in total. The molecule has 176 valence electrons. The number of aromatic nitrogens is 1. The Balaban J connectivity index is 1.31. The smallest absolute Gasteiger partial charge is 0.419 e. The van der Waals surface area contributed by atoms with Crippen LogP contribution in [-0.4, -0.2) is 43.4 Å². The van der Waals surface area contributed by atoms with Gasteiger partial charge in [-0.1, -0.05) is 12.1 Å². The first-order valence-electron chi connectivity index (χ1n) is 10.8. The highest BCUT2D eigenvalue weighted by Gasteiger charge is 2.30. The van der Waals surface area contributed by atoms with Crippen LogP contribution < -0.4 is 15.8 Å². The number of methoxy groups -OCH3 is 1. The van der Waals surface area contributed by atoms with Gasteiger partial charge in [-0.25, -0.2) is 13.2 Å². The molecule has 3 aromatic rings. The molecule has 0 saturated carbocycles. The average Bonchev–Trinajstić information content (AvgIpc) is 3.11. The number of nitrogens with one attached hydrogen (secondary N) is 1. The molecule has 10 heteroatoms. The van der Waals surface area contributed by atoms with E-state index in [-0.39, 0.29) is 22.3 Å². The predicted molar refractivity (Wildman–Crippen MR) is 122 cm³/mol. The van der Waals surface area contributed by atoms with Crippen LogP contribution in [0.25, 0.3) is 11.1 Å². The Labute approximate surface area is 192 Å². The minimum absolute atomic E-state index is 0.0447. The first-order chi connectivity index (χ1) is 15.8. The van der Waals surface area contributed by atoms with E-state index in [1.807, 2.05) is 24.3 Å². The first kappa shape index (κ1) is 23.1. The summed E-state index contributed by atoms with van der Waals surface area (Å²) in [4.78, 5) is 24.1. The van der Waals surface area contributed by atoms with Crippen LogP contribution in [0, 0.1) is 5.92 Å². The van der Waals surface area contributed by atoms with Gasteiger partial charge < -0.3 is 14.5 Å². The molecule has 1 aliphatic heterocycles. The van der Waals surface area contributed by atoms with Crippen molar-refractivity contribution in [2.45, 2.75) is 30.7 Å². The molecule has 9 nitrogen and oxygen atoms in total. The van der Waals surface area contributed by atoms with Crippen molar-refractivity contribution in [2.75, 3.05) is 20.2 Å². The Hall–Kier alpha value is -3.11. The van der Waals surface area contributed by atoms with E-state index in [9.17, 15) is 18.0 Å². The summed E-state index contributed by atoms with van der Waals surface area (Å²) in [7, 11) is -0.535. The van der Waals surface area contributed by atoms with E-state index in [0.29, 0.717) is 44.4 Å². The third-order valence-electron chi connectivity index (χ3n) is 6.10. The van der Waals surface area contributed by atoms with Crippen molar-refractivity contribution >= 4 is 27.0 Å². The molecule has 33 heavy (non-hydrogen) atoms. The van der Waals surface area contributed by atoms with Crippen LogP contribution in [0.3, 0.4) is 0 Å². The molecule has 0 radical (unpaired) electrons. The SMILES string of the molecule is COc1ccc(CNC(=O)CC2CCN(S(=O)(=O)c3ccc4c(c3)oc(=O)n4C)CC2)cc1. The summed E-state index contributed by atoms with van der Waals surface area (Å²) >= 11 is 0. The number of fused-ring (bicyclic) bond motifs is 1. The van der Waals surface area contributed by atoms with Gasteiger partial charge in [0.05, 0.1) is 17.5 Å². The second kappa shape index (κ2) is 9.40. The zero-order chi connectivity index (χ0) is 23.6. The number of sulfonamides is 1. The summed E-state index contributed by atoms with van der Waals surface area (Å²) < 4.78 is 39.1. The fourth-order valence-electron chi connectivity index (χ4n) is 4.06. The average molecular weight is 474 g/mol. The summed E-state index contributed by atoms with van der Waals surface area (Å²) in [6, 6.07) is 12.0. The lowest BCUT2D eigenvalue weighted by Crippen LogP contribution is -2.39. The number of nitrogens with zero attached hydrogens (tertiary/aromatic N) is 2. The number of hydrogen-bond donors (Lipinski definition) is 1. The number of hydrogen-bond acceptors (Lipinski definition) is 6. The molecule has 1 amide bonds. The van der Waals surface area contributed by atoms with E-state index >= 15 is 0 Å². The monoisotopic (exact) mass is 473 g/mol. The van der Waals surface area contributed by atoms with Gasteiger partial charge in [0, 0.05) is 39.2 Å². The first-order valence-corrected chi connectivity index (χ1v) is 12.2. The van der Waals surface area contributed by atoms with Crippen molar-refractivity contribution < 1.29 is 22.4 Å². The summed E-state index contributed by atoms with van der Waals surface area (Å²) in [5, 5.41) is 2.93. The van der Waals surface area contributed by atoms with Gasteiger partial charge >= 0.3 is 5.76 Å². The second-order valence-electron chi connectivity index (χ2n) is 8.23. The van der Waals surface area contributed by atoms with E-state index < -0.39 is 15.8 Å². The van der Waals surface area contributed by atoms with Crippen LogP contribution in [0.2, 0.25) is 0 Å². The number of amides is 1. The lowest BCUT2D eigenvalue weighted by Gasteiger charge is -2.31. The zero-order valence-electron chi connectivity index (χ0n) is 18.6. The van der Waals surface area contributed by atoms with E-state index in [1.54, 1.807) is 20.2 Å². The van der Waals surface area contributed by atoms with Crippen molar-refractivity contribution in [2.24, 2.45) is 13.0 Å². The van der Waals surface area contributed by atoms with Crippen LogP contribution in [0.5, 0.6) is 5.75 Å². The van der Waals surface area contributed by atoms with Gasteiger partial charge in [-0.05, 0) is 48.6 Å².